The van der Waals surface area contributed by atoms with Crippen molar-refractivity contribution in [1.29, 1.82) is 0 Å². The molecule has 0 fully saturated rings. The lowest BCUT2D eigenvalue weighted by atomic mass is 9.75. The number of anilines is 1. The highest BCUT2D eigenvalue weighted by molar-refractivity contribution is 9.10. The molecule has 1 spiro atoms. The first-order valence-corrected chi connectivity index (χ1v) is 11.0. The number of fused-ring (bicyclic) bond motifs is 3. The van der Waals surface area contributed by atoms with E-state index in [0.717, 1.165) is 10.0 Å². The van der Waals surface area contributed by atoms with E-state index in [1.807, 2.05) is 42.5 Å². The molecule has 0 bridgehead atoms. The minimum Gasteiger partial charge on any atom is -0.288 e. The summed E-state index contributed by atoms with van der Waals surface area (Å²) >= 11 is 3.48. The Labute approximate surface area is 194 Å². The zero-order valence-corrected chi connectivity index (χ0v) is 18.9. The first-order chi connectivity index (χ1) is 15.4. The lowest BCUT2D eigenvalue weighted by Gasteiger charge is -2.45. The molecule has 6 heteroatoms. The molecule has 0 N–H and O–H groups in total. The number of benzene rings is 3. The van der Waals surface area contributed by atoms with Gasteiger partial charge in [0.15, 0.2) is 5.54 Å². The first kappa shape index (κ1) is 20.4. The number of hydrogen-bond donors (Lipinski definition) is 0. The van der Waals surface area contributed by atoms with Crippen LogP contribution >= 0.6 is 15.9 Å². The molecule has 0 aromatic heterocycles. The van der Waals surface area contributed by atoms with Crippen LogP contribution in [0, 0.1) is 0 Å². The predicted molar refractivity (Wildman–Crippen MR) is 126 cm³/mol. The Morgan fingerprint density at radius 3 is 2.38 bits per heavy atom. The van der Waals surface area contributed by atoms with Crippen molar-refractivity contribution in [2.24, 2.45) is 0 Å². The van der Waals surface area contributed by atoms with Crippen molar-refractivity contribution in [2.45, 2.75) is 19.0 Å². The molecule has 3 aromatic rings. The van der Waals surface area contributed by atoms with Crippen LogP contribution < -0.4 is 4.90 Å². The van der Waals surface area contributed by atoms with Gasteiger partial charge in [0.2, 0.25) is 5.91 Å². The maximum Gasteiger partial charge on any atom is 0.265 e. The topological polar surface area (TPSA) is 57.7 Å². The minimum atomic E-state index is -1.52. The minimum absolute atomic E-state index is 0.105. The van der Waals surface area contributed by atoms with Gasteiger partial charge in [-0.2, -0.15) is 0 Å². The number of carbonyl (C=O) groups excluding carboxylic acids is 3. The van der Waals surface area contributed by atoms with E-state index in [0.29, 0.717) is 28.0 Å². The zero-order valence-electron chi connectivity index (χ0n) is 17.3. The average molecular weight is 487 g/mol. The number of amides is 3. The molecule has 0 saturated carbocycles. The molecule has 2 heterocycles. The summed E-state index contributed by atoms with van der Waals surface area (Å²) in [5.41, 5.74) is 1.95. The maximum atomic E-state index is 14.2. The van der Waals surface area contributed by atoms with Crippen molar-refractivity contribution in [1.82, 2.24) is 4.90 Å². The Morgan fingerprint density at radius 1 is 0.969 bits per heavy atom. The van der Waals surface area contributed by atoms with Gasteiger partial charge >= 0.3 is 0 Å². The molecule has 2 aliphatic rings. The molecule has 0 saturated heterocycles. The predicted octanol–water partition coefficient (Wildman–Crippen LogP) is 4.91. The first-order valence-electron chi connectivity index (χ1n) is 10.2. The van der Waals surface area contributed by atoms with E-state index in [9.17, 15) is 14.4 Å². The van der Waals surface area contributed by atoms with Gasteiger partial charge in [0.1, 0.15) is 0 Å². The van der Waals surface area contributed by atoms with Crippen molar-refractivity contribution in [3.8, 4) is 0 Å². The number of imide groups is 1. The third kappa shape index (κ3) is 2.66. The van der Waals surface area contributed by atoms with E-state index < -0.39 is 11.4 Å². The highest BCUT2D eigenvalue weighted by Gasteiger charge is 2.61. The Kier molecular flexibility index (Phi) is 4.64. The van der Waals surface area contributed by atoms with Crippen molar-refractivity contribution in [3.63, 3.8) is 0 Å². The number of carbonyl (C=O) groups is 3. The zero-order chi connectivity index (χ0) is 22.6. The molecule has 2 aliphatic heterocycles. The van der Waals surface area contributed by atoms with Crippen molar-refractivity contribution in [3.05, 3.63) is 106 Å². The number of hydrogen-bond acceptors (Lipinski definition) is 3. The Bertz CT molecular complexity index is 1320. The standard InChI is InChI=1S/C26H19BrN2O3/c1-16-21-14-19(27)12-13-23(21)29(17(2)30)26(16)22-11-7-6-10-20(22)24(31)28(25(26)32)15-18-8-4-3-5-9-18/h3-14H,1,15H2,2H3. The summed E-state index contributed by atoms with van der Waals surface area (Å²) in [6, 6.07) is 21.8. The summed E-state index contributed by atoms with van der Waals surface area (Å²) in [6.07, 6.45) is 0. The monoisotopic (exact) mass is 486 g/mol. The Balaban J connectivity index is 1.79. The second-order valence-electron chi connectivity index (χ2n) is 7.93. The average Bonchev–Trinajstić information content (AvgIpc) is 3.05. The van der Waals surface area contributed by atoms with Crippen LogP contribution in [-0.2, 0) is 21.7 Å². The van der Waals surface area contributed by atoms with E-state index in [-0.39, 0.29) is 18.4 Å². The smallest absolute Gasteiger partial charge is 0.265 e. The molecule has 3 amide bonds. The lowest BCUT2D eigenvalue weighted by molar-refractivity contribution is -0.135. The SMILES string of the molecule is C=C1c2cc(Br)ccc2N(C(C)=O)C12C(=O)N(Cc1ccccc1)C(=O)c1ccccc12. The molecule has 0 aliphatic carbocycles. The van der Waals surface area contributed by atoms with E-state index in [4.69, 9.17) is 0 Å². The van der Waals surface area contributed by atoms with E-state index >= 15 is 0 Å². The highest BCUT2D eigenvalue weighted by atomic mass is 79.9. The van der Waals surface area contributed by atoms with Gasteiger partial charge in [0, 0.05) is 28.1 Å². The third-order valence-corrected chi connectivity index (χ3v) is 6.64. The van der Waals surface area contributed by atoms with Crippen LogP contribution in [0.3, 0.4) is 0 Å². The molecule has 1 atom stereocenters. The normalized spacial score (nSPS) is 19.4. The van der Waals surface area contributed by atoms with Crippen LogP contribution in [0.1, 0.15) is 34.0 Å². The second kappa shape index (κ2) is 7.28. The molecule has 3 aromatic carbocycles. The van der Waals surface area contributed by atoms with Crippen molar-refractivity contribution >= 4 is 44.9 Å². The number of halogens is 1. The fourth-order valence-electron chi connectivity index (χ4n) is 4.81. The quantitative estimate of drug-likeness (QED) is 0.483. The van der Waals surface area contributed by atoms with Gasteiger partial charge in [-0.25, -0.2) is 0 Å². The molecular formula is C26H19BrN2O3. The van der Waals surface area contributed by atoms with Crippen LogP contribution in [-0.4, -0.2) is 22.6 Å². The Morgan fingerprint density at radius 2 is 1.66 bits per heavy atom. The summed E-state index contributed by atoms with van der Waals surface area (Å²) in [6.45, 7) is 5.82. The van der Waals surface area contributed by atoms with E-state index in [1.54, 1.807) is 30.3 Å². The van der Waals surface area contributed by atoms with Gasteiger partial charge in [-0.05, 0) is 35.4 Å². The largest absolute Gasteiger partial charge is 0.288 e. The fraction of sp³-hybridized carbons (Fsp3) is 0.115. The van der Waals surface area contributed by atoms with Gasteiger partial charge in [0.25, 0.3) is 11.8 Å². The van der Waals surface area contributed by atoms with Gasteiger partial charge < -0.3 is 0 Å². The maximum absolute atomic E-state index is 14.2. The van der Waals surface area contributed by atoms with Crippen LogP contribution in [0.2, 0.25) is 0 Å². The number of rotatable bonds is 2. The summed E-state index contributed by atoms with van der Waals surface area (Å²) in [5.74, 6) is -1.16. The lowest BCUT2D eigenvalue weighted by Crippen LogP contribution is -2.61. The van der Waals surface area contributed by atoms with Crippen LogP contribution in [0.15, 0.2) is 83.8 Å². The van der Waals surface area contributed by atoms with Gasteiger partial charge in [-0.3, -0.25) is 24.2 Å². The van der Waals surface area contributed by atoms with Crippen LogP contribution in [0.4, 0.5) is 5.69 Å². The summed E-state index contributed by atoms with van der Waals surface area (Å²) < 4.78 is 0.812. The molecule has 5 rings (SSSR count). The van der Waals surface area contributed by atoms with E-state index in [1.165, 1.54) is 16.7 Å². The molecule has 32 heavy (non-hydrogen) atoms. The fourth-order valence-corrected chi connectivity index (χ4v) is 5.17. The highest BCUT2D eigenvalue weighted by Crippen LogP contribution is 2.56. The summed E-state index contributed by atoms with van der Waals surface area (Å²) in [5, 5.41) is 0. The molecule has 0 radical (unpaired) electrons. The van der Waals surface area contributed by atoms with Crippen LogP contribution in [0.25, 0.3) is 5.57 Å². The van der Waals surface area contributed by atoms with Gasteiger partial charge in [0.05, 0.1) is 12.2 Å². The van der Waals surface area contributed by atoms with Gasteiger partial charge in [-0.1, -0.05) is 71.0 Å². The number of nitrogens with zero attached hydrogens (tertiary/aromatic N) is 2. The second-order valence-corrected chi connectivity index (χ2v) is 8.85. The molecule has 5 nitrogen and oxygen atoms in total. The Hall–Kier alpha value is -3.51. The molecule has 1 unspecified atom stereocenters. The summed E-state index contributed by atoms with van der Waals surface area (Å²) in [7, 11) is 0. The molecule has 158 valence electrons. The third-order valence-electron chi connectivity index (χ3n) is 6.14. The summed E-state index contributed by atoms with van der Waals surface area (Å²) in [4.78, 5) is 43.4. The van der Waals surface area contributed by atoms with Crippen molar-refractivity contribution in [2.75, 3.05) is 4.90 Å². The van der Waals surface area contributed by atoms with Crippen LogP contribution in [0.5, 0.6) is 0 Å². The van der Waals surface area contributed by atoms with E-state index in [2.05, 4.69) is 22.5 Å². The molecular weight excluding hydrogens is 468 g/mol. The van der Waals surface area contributed by atoms with Gasteiger partial charge in [-0.15, -0.1) is 0 Å². The van der Waals surface area contributed by atoms with Crippen molar-refractivity contribution < 1.29 is 14.4 Å².